The van der Waals surface area contributed by atoms with Gasteiger partial charge in [-0.15, -0.1) is 0 Å². The van der Waals surface area contributed by atoms with Crippen molar-refractivity contribution in [3.05, 3.63) is 28.2 Å². The molecule has 2 nitrogen and oxygen atoms in total. The van der Waals surface area contributed by atoms with Crippen LogP contribution in [-0.4, -0.2) is 10.7 Å². The molecule has 1 N–H and O–H groups in total. The second kappa shape index (κ2) is 4.86. The maximum absolute atomic E-state index is 10.4. The Kier molecular flexibility index (Phi) is 3.37. The number of fused-ring (bicyclic) bond motifs is 1. The lowest BCUT2D eigenvalue weighted by Crippen LogP contribution is -2.40. The highest BCUT2D eigenvalue weighted by atomic mass is 79.9. The van der Waals surface area contributed by atoms with E-state index in [4.69, 9.17) is 4.74 Å². The molecule has 1 aliphatic carbocycles. The Morgan fingerprint density at radius 2 is 1.89 bits per heavy atom. The van der Waals surface area contributed by atoms with Crippen molar-refractivity contribution in [2.24, 2.45) is 0 Å². The first kappa shape index (κ1) is 12.5. The second-order valence-corrected chi connectivity index (χ2v) is 6.52. The number of rotatable bonds is 0. The second-order valence-electron chi connectivity index (χ2n) is 5.60. The third-order valence-electron chi connectivity index (χ3n) is 4.24. The van der Waals surface area contributed by atoms with Gasteiger partial charge in [-0.1, -0.05) is 28.8 Å². The lowest BCUT2D eigenvalue weighted by molar-refractivity contribution is -0.0244. The maximum Gasteiger partial charge on any atom is 0.126 e. The number of benzene rings is 1. The molecule has 1 heterocycles. The molecular formula is C15H19BrO2. The molecule has 0 amide bonds. The fourth-order valence-corrected chi connectivity index (χ4v) is 3.67. The SMILES string of the molecule is O[C@H]1CC2(CCCCCC2)Oc2ccc(Br)cc21. The van der Waals surface area contributed by atoms with Gasteiger partial charge in [0.1, 0.15) is 11.4 Å². The Hall–Kier alpha value is -0.540. The van der Waals surface area contributed by atoms with Crippen LogP contribution in [0.15, 0.2) is 22.7 Å². The Labute approximate surface area is 116 Å². The molecular weight excluding hydrogens is 292 g/mol. The van der Waals surface area contributed by atoms with E-state index in [1.54, 1.807) is 0 Å². The molecule has 1 atom stereocenters. The van der Waals surface area contributed by atoms with Crippen LogP contribution >= 0.6 is 15.9 Å². The molecule has 1 saturated carbocycles. The molecule has 0 radical (unpaired) electrons. The smallest absolute Gasteiger partial charge is 0.126 e. The quantitative estimate of drug-likeness (QED) is 0.771. The van der Waals surface area contributed by atoms with E-state index in [9.17, 15) is 5.11 Å². The first-order chi connectivity index (χ1) is 8.69. The molecule has 1 aliphatic heterocycles. The molecule has 1 fully saturated rings. The number of hydrogen-bond acceptors (Lipinski definition) is 2. The van der Waals surface area contributed by atoms with E-state index in [1.807, 2.05) is 18.2 Å². The van der Waals surface area contributed by atoms with Crippen molar-refractivity contribution < 1.29 is 9.84 Å². The van der Waals surface area contributed by atoms with E-state index in [0.29, 0.717) is 0 Å². The molecule has 2 aliphatic rings. The molecule has 0 bridgehead atoms. The van der Waals surface area contributed by atoms with Gasteiger partial charge in [-0.2, -0.15) is 0 Å². The van der Waals surface area contributed by atoms with E-state index in [2.05, 4.69) is 15.9 Å². The summed E-state index contributed by atoms with van der Waals surface area (Å²) >= 11 is 3.45. The van der Waals surface area contributed by atoms with Crippen molar-refractivity contribution in [3.8, 4) is 5.75 Å². The zero-order valence-corrected chi connectivity index (χ0v) is 12.1. The first-order valence-corrected chi connectivity index (χ1v) is 7.64. The van der Waals surface area contributed by atoms with Gasteiger partial charge in [0.2, 0.25) is 0 Å². The summed E-state index contributed by atoms with van der Waals surface area (Å²) < 4.78 is 7.29. The van der Waals surface area contributed by atoms with Crippen LogP contribution in [0.25, 0.3) is 0 Å². The molecule has 3 rings (SSSR count). The predicted molar refractivity (Wildman–Crippen MR) is 74.8 cm³/mol. The lowest BCUT2D eigenvalue weighted by Gasteiger charge is -2.40. The Morgan fingerprint density at radius 3 is 2.61 bits per heavy atom. The van der Waals surface area contributed by atoms with Gasteiger partial charge in [0, 0.05) is 16.5 Å². The summed E-state index contributed by atoms with van der Waals surface area (Å²) in [7, 11) is 0. The van der Waals surface area contributed by atoms with Gasteiger partial charge in [-0.3, -0.25) is 0 Å². The van der Waals surface area contributed by atoms with E-state index >= 15 is 0 Å². The van der Waals surface area contributed by atoms with E-state index < -0.39 is 0 Å². The summed E-state index contributed by atoms with van der Waals surface area (Å²) in [5.41, 5.74) is 0.816. The molecule has 0 aromatic heterocycles. The molecule has 1 aromatic rings. The van der Waals surface area contributed by atoms with Crippen LogP contribution in [0.4, 0.5) is 0 Å². The Bertz CT molecular complexity index is 436. The third kappa shape index (κ3) is 2.30. The van der Waals surface area contributed by atoms with Crippen molar-refractivity contribution in [3.63, 3.8) is 0 Å². The molecule has 1 aromatic carbocycles. The molecule has 18 heavy (non-hydrogen) atoms. The summed E-state index contributed by atoms with van der Waals surface area (Å²) in [5.74, 6) is 0.874. The average molecular weight is 311 g/mol. The van der Waals surface area contributed by atoms with E-state index in [0.717, 1.165) is 35.0 Å². The summed E-state index contributed by atoms with van der Waals surface area (Å²) in [5, 5.41) is 10.4. The van der Waals surface area contributed by atoms with Gasteiger partial charge in [0.05, 0.1) is 6.10 Å². The van der Waals surface area contributed by atoms with E-state index in [1.165, 1.54) is 25.7 Å². The molecule has 0 unspecified atom stereocenters. The molecule has 3 heteroatoms. The zero-order chi connectivity index (χ0) is 12.6. The summed E-state index contributed by atoms with van der Waals surface area (Å²) in [4.78, 5) is 0. The van der Waals surface area contributed by atoms with Gasteiger partial charge in [0.25, 0.3) is 0 Å². The highest BCUT2D eigenvalue weighted by Crippen LogP contribution is 2.46. The lowest BCUT2D eigenvalue weighted by atomic mass is 9.83. The largest absolute Gasteiger partial charge is 0.487 e. The van der Waals surface area contributed by atoms with Crippen molar-refractivity contribution in [2.75, 3.05) is 0 Å². The minimum absolute atomic E-state index is 0.114. The minimum Gasteiger partial charge on any atom is -0.487 e. The van der Waals surface area contributed by atoms with Gasteiger partial charge in [-0.25, -0.2) is 0 Å². The number of hydrogen-bond donors (Lipinski definition) is 1. The van der Waals surface area contributed by atoms with Crippen molar-refractivity contribution >= 4 is 15.9 Å². The van der Waals surface area contributed by atoms with Gasteiger partial charge in [0.15, 0.2) is 0 Å². The zero-order valence-electron chi connectivity index (χ0n) is 10.5. The number of aliphatic hydroxyl groups excluding tert-OH is 1. The predicted octanol–water partition coefficient (Wildman–Crippen LogP) is 4.36. The van der Waals surface area contributed by atoms with Crippen LogP contribution in [0.3, 0.4) is 0 Å². The molecule has 0 saturated heterocycles. The standard InChI is InChI=1S/C15H19BrO2/c16-11-5-6-14-12(9-11)13(17)10-15(18-14)7-3-1-2-4-8-15/h5-6,9,13,17H,1-4,7-8,10H2/t13-/m0/s1. The van der Waals surface area contributed by atoms with Crippen LogP contribution in [-0.2, 0) is 0 Å². The maximum atomic E-state index is 10.4. The average Bonchev–Trinajstić information content (AvgIpc) is 2.56. The number of aliphatic hydroxyl groups is 1. The van der Waals surface area contributed by atoms with Crippen molar-refractivity contribution in [2.45, 2.75) is 56.7 Å². The summed E-state index contributed by atoms with van der Waals surface area (Å²) in [6, 6.07) is 5.94. The normalized spacial score (nSPS) is 26.2. The van der Waals surface area contributed by atoms with Gasteiger partial charge >= 0.3 is 0 Å². The highest BCUT2D eigenvalue weighted by Gasteiger charge is 2.40. The molecule has 1 spiro atoms. The monoisotopic (exact) mass is 310 g/mol. The first-order valence-electron chi connectivity index (χ1n) is 6.85. The minimum atomic E-state index is -0.385. The summed E-state index contributed by atoms with van der Waals surface area (Å²) in [6.45, 7) is 0. The highest BCUT2D eigenvalue weighted by molar-refractivity contribution is 9.10. The van der Waals surface area contributed by atoms with E-state index in [-0.39, 0.29) is 11.7 Å². The van der Waals surface area contributed by atoms with Crippen molar-refractivity contribution in [1.29, 1.82) is 0 Å². The Morgan fingerprint density at radius 1 is 1.17 bits per heavy atom. The fourth-order valence-electron chi connectivity index (χ4n) is 3.29. The summed E-state index contributed by atoms with van der Waals surface area (Å²) in [6.07, 6.45) is 7.57. The van der Waals surface area contributed by atoms with Gasteiger partial charge < -0.3 is 9.84 Å². The van der Waals surface area contributed by atoms with Gasteiger partial charge in [-0.05, 0) is 43.9 Å². The Balaban J connectivity index is 1.92. The number of ether oxygens (including phenoxy) is 1. The topological polar surface area (TPSA) is 29.5 Å². The molecule has 98 valence electrons. The van der Waals surface area contributed by atoms with Crippen LogP contribution in [0, 0.1) is 0 Å². The van der Waals surface area contributed by atoms with Crippen LogP contribution < -0.4 is 4.74 Å². The van der Waals surface area contributed by atoms with Crippen LogP contribution in [0.5, 0.6) is 5.75 Å². The fraction of sp³-hybridized carbons (Fsp3) is 0.600. The number of halogens is 1. The van der Waals surface area contributed by atoms with Crippen LogP contribution in [0.2, 0.25) is 0 Å². The van der Waals surface area contributed by atoms with Crippen LogP contribution in [0.1, 0.15) is 56.6 Å². The third-order valence-corrected chi connectivity index (χ3v) is 4.73. The van der Waals surface area contributed by atoms with Crippen molar-refractivity contribution in [1.82, 2.24) is 0 Å².